The molecule has 0 fully saturated rings. The van der Waals surface area contributed by atoms with Gasteiger partial charge in [-0.25, -0.2) is 0 Å². The van der Waals surface area contributed by atoms with Crippen LogP contribution in [0, 0.1) is 0 Å². The molecule has 0 unspecified atom stereocenters. The molecule has 0 saturated heterocycles. The molecule has 3 rings (SSSR count). The Kier molecular flexibility index (Phi) is 1.62. The van der Waals surface area contributed by atoms with Crippen molar-refractivity contribution in [1.82, 2.24) is 10.2 Å². The maximum absolute atomic E-state index is 12.0. The molecule has 4 heteroatoms. The highest BCUT2D eigenvalue weighted by Crippen LogP contribution is 2.26. The molecule has 74 valence electrons. The summed E-state index contributed by atoms with van der Waals surface area (Å²) in [5, 5.41) is 6.61. The largest absolute Gasteiger partial charge is 0.487 e. The Labute approximate surface area is 85.9 Å². The number of H-pyrrole nitrogens is 1. The number of ether oxygens (including phenoxy) is 1. The van der Waals surface area contributed by atoms with Gasteiger partial charge in [0, 0.05) is 0 Å². The van der Waals surface area contributed by atoms with E-state index in [1.165, 1.54) is 0 Å². The second-order valence-electron chi connectivity index (χ2n) is 3.38. The predicted molar refractivity (Wildman–Crippen MR) is 52.8 cm³/mol. The Bertz CT molecular complexity index is 531. The molecular formula is C11H8N2O2. The van der Waals surface area contributed by atoms with Gasteiger partial charge in [0.2, 0.25) is 0 Å². The highest BCUT2D eigenvalue weighted by molar-refractivity contribution is 6.11. The van der Waals surface area contributed by atoms with Crippen LogP contribution in [0.25, 0.3) is 0 Å². The van der Waals surface area contributed by atoms with Gasteiger partial charge in [0.15, 0.2) is 5.78 Å². The minimum atomic E-state index is -0.0353. The molecule has 2 aromatic rings. The number of rotatable bonds is 0. The van der Waals surface area contributed by atoms with Gasteiger partial charge < -0.3 is 4.74 Å². The summed E-state index contributed by atoms with van der Waals surface area (Å²) in [5.41, 5.74) is 1.92. The summed E-state index contributed by atoms with van der Waals surface area (Å²) >= 11 is 0. The highest BCUT2D eigenvalue weighted by Gasteiger charge is 2.22. The summed E-state index contributed by atoms with van der Waals surface area (Å²) < 4.78 is 5.51. The van der Waals surface area contributed by atoms with Crippen LogP contribution in [0.15, 0.2) is 30.5 Å². The lowest BCUT2D eigenvalue weighted by atomic mass is 10.0. The number of aromatic nitrogens is 2. The van der Waals surface area contributed by atoms with Gasteiger partial charge in [-0.3, -0.25) is 9.89 Å². The molecular weight excluding hydrogens is 192 g/mol. The quantitative estimate of drug-likeness (QED) is 0.701. The van der Waals surface area contributed by atoms with Crippen molar-refractivity contribution in [3.8, 4) is 5.75 Å². The number of carbonyl (C=O) groups excluding carboxylic acids is 1. The topological polar surface area (TPSA) is 55.0 Å². The minimum absolute atomic E-state index is 0.0353. The Morgan fingerprint density at radius 1 is 1.27 bits per heavy atom. The molecule has 0 aliphatic carbocycles. The third-order valence-corrected chi connectivity index (χ3v) is 2.47. The molecule has 0 saturated carbocycles. The number of benzene rings is 1. The first-order valence-electron chi connectivity index (χ1n) is 4.65. The van der Waals surface area contributed by atoms with Crippen molar-refractivity contribution in [2.45, 2.75) is 6.61 Å². The molecule has 1 aromatic heterocycles. The van der Waals surface area contributed by atoms with Crippen LogP contribution in [0.5, 0.6) is 5.75 Å². The summed E-state index contributed by atoms with van der Waals surface area (Å²) in [5.74, 6) is 0.596. The van der Waals surface area contributed by atoms with E-state index in [1.54, 1.807) is 18.3 Å². The SMILES string of the molecule is O=C1c2ccccc2OCc2[nH]ncc21. The molecule has 1 aliphatic heterocycles. The number of nitrogens with zero attached hydrogens (tertiary/aromatic N) is 1. The van der Waals surface area contributed by atoms with Crippen LogP contribution in [0.4, 0.5) is 0 Å². The lowest BCUT2D eigenvalue weighted by Crippen LogP contribution is -2.00. The average Bonchev–Trinajstić information content (AvgIpc) is 2.69. The van der Waals surface area contributed by atoms with Gasteiger partial charge in [-0.2, -0.15) is 5.10 Å². The zero-order chi connectivity index (χ0) is 10.3. The van der Waals surface area contributed by atoms with Gasteiger partial charge in [0.25, 0.3) is 0 Å². The van der Waals surface area contributed by atoms with E-state index >= 15 is 0 Å². The van der Waals surface area contributed by atoms with Crippen LogP contribution in [0.2, 0.25) is 0 Å². The molecule has 0 radical (unpaired) electrons. The summed E-state index contributed by atoms with van der Waals surface area (Å²) in [4.78, 5) is 12.0. The molecule has 15 heavy (non-hydrogen) atoms. The van der Waals surface area contributed by atoms with Crippen LogP contribution in [-0.2, 0) is 6.61 Å². The second kappa shape index (κ2) is 2.95. The van der Waals surface area contributed by atoms with E-state index in [2.05, 4.69) is 10.2 Å². The fourth-order valence-electron chi connectivity index (χ4n) is 1.69. The van der Waals surface area contributed by atoms with Crippen molar-refractivity contribution in [3.63, 3.8) is 0 Å². The van der Waals surface area contributed by atoms with Crippen molar-refractivity contribution in [3.05, 3.63) is 47.3 Å². The Morgan fingerprint density at radius 3 is 3.07 bits per heavy atom. The fourth-order valence-corrected chi connectivity index (χ4v) is 1.69. The standard InChI is InChI=1S/C11H8N2O2/c14-11-7-3-1-2-4-10(7)15-6-9-8(11)5-12-13-9/h1-5H,6H2,(H,12,13). The number of ketones is 1. The average molecular weight is 200 g/mol. The van der Waals surface area contributed by atoms with E-state index in [0.29, 0.717) is 23.5 Å². The number of carbonyl (C=O) groups is 1. The summed E-state index contributed by atoms with van der Waals surface area (Å²) in [6.45, 7) is 0.359. The molecule has 1 aromatic carbocycles. The molecule has 1 N–H and O–H groups in total. The Balaban J connectivity index is 2.22. The number of nitrogens with one attached hydrogen (secondary N) is 1. The third kappa shape index (κ3) is 1.15. The van der Waals surface area contributed by atoms with E-state index < -0.39 is 0 Å². The van der Waals surface area contributed by atoms with Crippen LogP contribution in [0.3, 0.4) is 0 Å². The molecule has 0 bridgehead atoms. The van der Waals surface area contributed by atoms with Crippen molar-refractivity contribution in [2.24, 2.45) is 0 Å². The van der Waals surface area contributed by atoms with E-state index in [-0.39, 0.29) is 5.78 Å². The van der Waals surface area contributed by atoms with Gasteiger partial charge in [-0.15, -0.1) is 0 Å². The molecule has 0 spiro atoms. The summed E-state index contributed by atoms with van der Waals surface area (Å²) in [6, 6.07) is 7.24. The van der Waals surface area contributed by atoms with Gasteiger partial charge in [-0.05, 0) is 12.1 Å². The van der Waals surface area contributed by atoms with E-state index in [9.17, 15) is 4.79 Å². The first kappa shape index (κ1) is 8.23. The first-order valence-corrected chi connectivity index (χ1v) is 4.65. The van der Waals surface area contributed by atoms with E-state index in [1.807, 2.05) is 12.1 Å². The zero-order valence-corrected chi connectivity index (χ0v) is 7.86. The lowest BCUT2D eigenvalue weighted by molar-refractivity contribution is 0.103. The summed E-state index contributed by atoms with van der Waals surface area (Å²) in [6.07, 6.45) is 1.54. The highest BCUT2D eigenvalue weighted by atomic mass is 16.5. The van der Waals surface area contributed by atoms with Crippen LogP contribution < -0.4 is 4.74 Å². The Morgan fingerprint density at radius 2 is 2.13 bits per heavy atom. The van der Waals surface area contributed by atoms with E-state index in [4.69, 9.17) is 4.74 Å². The number of aromatic amines is 1. The monoisotopic (exact) mass is 200 g/mol. The van der Waals surface area contributed by atoms with Crippen LogP contribution in [-0.4, -0.2) is 16.0 Å². The van der Waals surface area contributed by atoms with Gasteiger partial charge in [0.1, 0.15) is 12.4 Å². The molecule has 1 aliphatic rings. The first-order chi connectivity index (χ1) is 7.36. The number of fused-ring (bicyclic) bond motifs is 2. The van der Waals surface area contributed by atoms with Crippen molar-refractivity contribution >= 4 is 5.78 Å². The fraction of sp³-hybridized carbons (Fsp3) is 0.0909. The lowest BCUT2D eigenvalue weighted by Gasteiger charge is -2.04. The number of para-hydroxylation sites is 1. The van der Waals surface area contributed by atoms with Crippen LogP contribution >= 0.6 is 0 Å². The zero-order valence-electron chi connectivity index (χ0n) is 7.86. The molecule has 2 heterocycles. The van der Waals surface area contributed by atoms with Gasteiger partial charge in [0.05, 0.1) is 23.0 Å². The third-order valence-electron chi connectivity index (χ3n) is 2.47. The van der Waals surface area contributed by atoms with Gasteiger partial charge in [-0.1, -0.05) is 12.1 Å². The van der Waals surface area contributed by atoms with Crippen molar-refractivity contribution in [1.29, 1.82) is 0 Å². The van der Waals surface area contributed by atoms with Crippen LogP contribution in [0.1, 0.15) is 21.6 Å². The maximum Gasteiger partial charge on any atom is 0.200 e. The predicted octanol–water partition coefficient (Wildman–Crippen LogP) is 1.53. The smallest absolute Gasteiger partial charge is 0.200 e. The van der Waals surface area contributed by atoms with Gasteiger partial charge >= 0.3 is 0 Å². The molecule has 0 amide bonds. The minimum Gasteiger partial charge on any atom is -0.487 e. The number of hydrogen-bond acceptors (Lipinski definition) is 3. The van der Waals surface area contributed by atoms with Crippen molar-refractivity contribution < 1.29 is 9.53 Å². The Hall–Kier alpha value is -2.10. The van der Waals surface area contributed by atoms with Crippen molar-refractivity contribution in [2.75, 3.05) is 0 Å². The van der Waals surface area contributed by atoms with E-state index in [0.717, 1.165) is 5.69 Å². The maximum atomic E-state index is 12.0. The normalized spacial score (nSPS) is 13.7. The number of hydrogen-bond donors (Lipinski definition) is 1. The molecule has 4 nitrogen and oxygen atoms in total. The molecule has 0 atom stereocenters. The summed E-state index contributed by atoms with van der Waals surface area (Å²) in [7, 11) is 0. The second-order valence-corrected chi connectivity index (χ2v) is 3.38.